The van der Waals surface area contributed by atoms with E-state index in [2.05, 4.69) is 9.71 Å². The minimum Gasteiger partial charge on any atom is -0.455 e. The molecule has 0 fully saturated rings. The van der Waals surface area contributed by atoms with E-state index in [1.807, 2.05) is 0 Å². The quantitative estimate of drug-likeness (QED) is 0.376. The first-order valence-corrected chi connectivity index (χ1v) is 9.72. The Labute approximate surface area is 200 Å². The fourth-order valence-corrected chi connectivity index (χ4v) is 3.58. The van der Waals surface area contributed by atoms with Gasteiger partial charge < -0.3 is 12.2 Å². The molecular weight excluding hydrogens is 489 g/mol. The molecule has 9 heteroatoms. The van der Waals surface area contributed by atoms with Gasteiger partial charge in [-0.2, -0.15) is 0 Å². The van der Waals surface area contributed by atoms with Crippen molar-refractivity contribution in [3.05, 3.63) is 85.0 Å². The number of hydrogen-bond donors (Lipinski definition) is 1. The Morgan fingerprint density at radius 3 is 2.38 bits per heavy atom. The number of carbonyl (C=O) groups excluding carboxylic acids is 1. The molecule has 0 aliphatic carbocycles. The van der Waals surface area contributed by atoms with E-state index in [4.69, 9.17) is 16.3 Å². The first-order valence-electron chi connectivity index (χ1n) is 7.86. The number of sulfonamides is 1. The molecule has 0 aliphatic rings. The third-order valence-electron chi connectivity index (χ3n) is 3.57. The van der Waals surface area contributed by atoms with Crippen LogP contribution in [-0.2, 0) is 42.7 Å². The molecular formula is C20H18ClN2O4SY-. The molecule has 149 valence electrons. The number of carbonyl (C=O) groups is 1. The average Bonchev–Trinajstić information content (AvgIpc) is 2.63. The van der Waals surface area contributed by atoms with E-state index < -0.39 is 10.0 Å². The van der Waals surface area contributed by atoms with Crippen molar-refractivity contribution in [3.63, 3.8) is 0 Å². The van der Waals surface area contributed by atoms with Gasteiger partial charge in [0.25, 0.3) is 10.0 Å². The number of aromatic nitrogens is 1. The first kappa shape index (κ1) is 25.2. The summed E-state index contributed by atoms with van der Waals surface area (Å²) >= 11 is 5.88. The van der Waals surface area contributed by atoms with Gasteiger partial charge in [0.05, 0.1) is 21.7 Å². The summed E-state index contributed by atoms with van der Waals surface area (Å²) in [7, 11) is -3.76. The van der Waals surface area contributed by atoms with Crippen molar-refractivity contribution in [2.45, 2.75) is 11.8 Å². The molecule has 1 radical (unpaired) electrons. The Balaban J connectivity index is 0.00000210. The van der Waals surface area contributed by atoms with Crippen molar-refractivity contribution in [2.24, 2.45) is 0 Å². The van der Waals surface area contributed by atoms with Gasteiger partial charge in [-0.15, -0.1) is 0 Å². The van der Waals surface area contributed by atoms with Gasteiger partial charge in [0.2, 0.25) is 0 Å². The topological polar surface area (TPSA) is 85.4 Å². The van der Waals surface area contributed by atoms with Crippen LogP contribution in [0.15, 0.2) is 71.9 Å². The molecule has 1 N–H and O–H groups in total. The SMILES string of the molecule is CC(=O)c1cc(NS(=O)(=O)c2ccccc2)ccc1Oc1cncc(Cl)c1.[CH3-].[Y]. The fraction of sp³-hybridized carbons (Fsp3) is 0.0500. The molecule has 1 heterocycles. The summed E-state index contributed by atoms with van der Waals surface area (Å²) in [4.78, 5) is 16.1. The number of hydrogen-bond acceptors (Lipinski definition) is 5. The van der Waals surface area contributed by atoms with Crippen molar-refractivity contribution in [1.29, 1.82) is 0 Å². The minimum atomic E-state index is -3.76. The van der Waals surface area contributed by atoms with E-state index in [0.29, 0.717) is 10.8 Å². The number of anilines is 1. The average molecular weight is 507 g/mol. The van der Waals surface area contributed by atoms with Gasteiger partial charge in [0.1, 0.15) is 11.5 Å². The van der Waals surface area contributed by atoms with Gasteiger partial charge in [-0.25, -0.2) is 8.42 Å². The molecule has 3 aromatic rings. The third kappa shape index (κ3) is 6.61. The Hall–Kier alpha value is -1.80. The Kier molecular flexibility index (Phi) is 9.43. The summed E-state index contributed by atoms with van der Waals surface area (Å²) in [5, 5.41) is 0.393. The Morgan fingerprint density at radius 1 is 1.07 bits per heavy atom. The maximum absolute atomic E-state index is 12.4. The molecule has 0 amide bonds. The third-order valence-corrected chi connectivity index (χ3v) is 5.18. The summed E-state index contributed by atoms with van der Waals surface area (Å²) in [5.41, 5.74) is 0.476. The largest absolute Gasteiger partial charge is 0.455 e. The molecule has 2 aromatic carbocycles. The van der Waals surface area contributed by atoms with Crippen LogP contribution in [0, 0.1) is 7.43 Å². The zero-order chi connectivity index (χ0) is 19.4. The monoisotopic (exact) mass is 506 g/mol. The van der Waals surface area contributed by atoms with Crippen LogP contribution in [0.5, 0.6) is 11.5 Å². The van der Waals surface area contributed by atoms with Crippen LogP contribution in [0.1, 0.15) is 17.3 Å². The Morgan fingerprint density at radius 2 is 1.76 bits per heavy atom. The molecule has 0 aliphatic heterocycles. The van der Waals surface area contributed by atoms with E-state index in [9.17, 15) is 13.2 Å². The molecule has 0 saturated heterocycles. The van der Waals surface area contributed by atoms with Gasteiger partial charge in [-0.1, -0.05) is 29.8 Å². The number of nitrogens with zero attached hydrogens (tertiary/aromatic N) is 1. The maximum Gasteiger partial charge on any atom is 0.261 e. The van der Waals surface area contributed by atoms with Crippen molar-refractivity contribution >= 4 is 33.1 Å². The summed E-state index contributed by atoms with van der Waals surface area (Å²) in [6.07, 6.45) is 2.92. The molecule has 3 rings (SSSR count). The number of ether oxygens (including phenoxy) is 1. The van der Waals surface area contributed by atoms with Crippen molar-refractivity contribution in [3.8, 4) is 11.5 Å². The molecule has 0 atom stereocenters. The smallest absolute Gasteiger partial charge is 0.261 e. The van der Waals surface area contributed by atoms with E-state index in [1.165, 1.54) is 49.6 Å². The molecule has 0 unspecified atom stereocenters. The minimum absolute atomic E-state index is 0. The Bertz CT molecular complexity index is 1090. The molecule has 0 bridgehead atoms. The number of benzene rings is 2. The van der Waals surface area contributed by atoms with Crippen LogP contribution in [-0.4, -0.2) is 19.2 Å². The van der Waals surface area contributed by atoms with Crippen LogP contribution in [0.3, 0.4) is 0 Å². The van der Waals surface area contributed by atoms with E-state index in [-0.39, 0.29) is 67.8 Å². The normalized spacial score (nSPS) is 10.3. The number of halogens is 1. The number of rotatable bonds is 6. The van der Waals surface area contributed by atoms with Crippen molar-refractivity contribution in [1.82, 2.24) is 4.98 Å². The molecule has 29 heavy (non-hydrogen) atoms. The molecule has 0 spiro atoms. The maximum atomic E-state index is 12.4. The van der Waals surface area contributed by atoms with Gasteiger partial charge in [-0.05, 0) is 37.3 Å². The second-order valence-corrected chi connectivity index (χ2v) is 7.75. The molecule has 0 saturated carbocycles. The molecule has 1 aromatic heterocycles. The first-order chi connectivity index (χ1) is 12.8. The second kappa shape index (κ2) is 10.8. The number of pyridine rings is 1. The van der Waals surface area contributed by atoms with Crippen molar-refractivity contribution < 1.29 is 50.7 Å². The molecule has 6 nitrogen and oxygen atoms in total. The van der Waals surface area contributed by atoms with Gasteiger partial charge in [0, 0.05) is 50.7 Å². The van der Waals surface area contributed by atoms with Crippen LogP contribution >= 0.6 is 11.6 Å². The zero-order valence-electron chi connectivity index (χ0n) is 15.8. The number of Topliss-reactive ketones (excluding diaryl/α,β-unsaturated/α-hetero) is 1. The fourth-order valence-electron chi connectivity index (χ4n) is 2.35. The van der Waals surface area contributed by atoms with Gasteiger partial charge in [0.15, 0.2) is 5.78 Å². The van der Waals surface area contributed by atoms with Crippen LogP contribution in [0.4, 0.5) is 5.69 Å². The zero-order valence-corrected chi connectivity index (χ0v) is 20.2. The van der Waals surface area contributed by atoms with Crippen LogP contribution in [0.2, 0.25) is 5.02 Å². The summed E-state index contributed by atoms with van der Waals surface area (Å²) < 4.78 is 33.0. The summed E-state index contributed by atoms with van der Waals surface area (Å²) in [6, 6.07) is 14.0. The van der Waals surface area contributed by atoms with E-state index in [0.717, 1.165) is 0 Å². The number of ketones is 1. The van der Waals surface area contributed by atoms with Crippen molar-refractivity contribution in [2.75, 3.05) is 4.72 Å². The summed E-state index contributed by atoms with van der Waals surface area (Å²) in [5.74, 6) is 0.359. The predicted octanol–water partition coefficient (Wildman–Crippen LogP) is 4.98. The predicted molar refractivity (Wildman–Crippen MR) is 109 cm³/mol. The standard InChI is InChI=1S/C19H15ClN2O4S.CH3.Y/c1-13(23)18-10-15(22-27(24,25)17-5-3-2-4-6-17)7-8-19(18)26-16-9-14(20)11-21-12-16;;/h2-12,22H,1H3;1H3;/q;-1;. The number of nitrogens with one attached hydrogen (secondary N) is 1. The van der Waals surface area contributed by atoms with E-state index in [1.54, 1.807) is 24.3 Å². The van der Waals surface area contributed by atoms with Crippen LogP contribution < -0.4 is 9.46 Å². The van der Waals surface area contributed by atoms with Gasteiger partial charge >= 0.3 is 0 Å². The summed E-state index contributed by atoms with van der Waals surface area (Å²) in [6.45, 7) is 1.37. The van der Waals surface area contributed by atoms with E-state index >= 15 is 0 Å². The van der Waals surface area contributed by atoms with Crippen LogP contribution in [0.25, 0.3) is 0 Å². The van der Waals surface area contributed by atoms with Gasteiger partial charge in [-0.3, -0.25) is 14.5 Å². The second-order valence-electron chi connectivity index (χ2n) is 5.63.